The number of benzene rings is 1. The second-order valence-electron chi connectivity index (χ2n) is 6.33. The molecular weight excluding hydrogens is 362 g/mol. The summed E-state index contributed by atoms with van der Waals surface area (Å²) in [4.78, 5) is 15.0. The summed E-state index contributed by atoms with van der Waals surface area (Å²) in [6.07, 6.45) is 7.62. The minimum Gasteiger partial charge on any atom is -0.478 e. The molecule has 1 atom stereocenters. The Balaban J connectivity index is 1.59. The van der Waals surface area contributed by atoms with Gasteiger partial charge in [0.05, 0.1) is 12.1 Å². The molecule has 0 bridgehead atoms. The van der Waals surface area contributed by atoms with Crippen LogP contribution >= 0.6 is 23.1 Å². The Morgan fingerprint density at radius 2 is 2.08 bits per heavy atom. The SMILES string of the molecule is Cc1ccc(CCCSC2C(C(=O)O)=CC=CN2Cc2cccs2)cc1. The molecule has 1 aromatic heterocycles. The smallest absolute Gasteiger partial charge is 0.334 e. The van der Waals surface area contributed by atoms with Crippen LogP contribution in [0.5, 0.6) is 0 Å². The van der Waals surface area contributed by atoms with E-state index in [-0.39, 0.29) is 5.37 Å². The molecular formula is C21H23NO2S2. The average molecular weight is 386 g/mol. The summed E-state index contributed by atoms with van der Waals surface area (Å²) in [5.74, 6) is 0.0966. The van der Waals surface area contributed by atoms with E-state index >= 15 is 0 Å². The van der Waals surface area contributed by atoms with E-state index in [0.717, 1.165) is 25.1 Å². The highest BCUT2D eigenvalue weighted by Gasteiger charge is 2.27. The quantitative estimate of drug-likeness (QED) is 0.643. The zero-order valence-corrected chi connectivity index (χ0v) is 16.4. The highest BCUT2D eigenvalue weighted by Crippen LogP contribution is 2.30. The average Bonchev–Trinajstić information content (AvgIpc) is 3.14. The first-order valence-electron chi connectivity index (χ1n) is 8.70. The van der Waals surface area contributed by atoms with Gasteiger partial charge in [-0.25, -0.2) is 4.79 Å². The maximum absolute atomic E-state index is 11.7. The molecule has 0 amide bonds. The first-order valence-corrected chi connectivity index (χ1v) is 10.6. The number of carboxylic acid groups (broad SMARTS) is 1. The van der Waals surface area contributed by atoms with Crippen LogP contribution in [0.2, 0.25) is 0 Å². The first kappa shape index (κ1) is 18.8. The van der Waals surface area contributed by atoms with E-state index in [0.29, 0.717) is 5.57 Å². The molecule has 26 heavy (non-hydrogen) atoms. The molecule has 2 heterocycles. The highest BCUT2D eigenvalue weighted by molar-refractivity contribution is 8.00. The molecule has 1 aliphatic heterocycles. The Morgan fingerprint density at radius 1 is 1.27 bits per heavy atom. The topological polar surface area (TPSA) is 40.5 Å². The van der Waals surface area contributed by atoms with Crippen molar-refractivity contribution < 1.29 is 9.90 Å². The third kappa shape index (κ3) is 5.02. The first-order chi connectivity index (χ1) is 12.6. The van der Waals surface area contributed by atoms with Crippen molar-refractivity contribution >= 4 is 29.1 Å². The van der Waals surface area contributed by atoms with Gasteiger partial charge in [0.2, 0.25) is 0 Å². The Kier molecular flexibility index (Phi) is 6.58. The molecule has 0 radical (unpaired) electrons. The number of hydrogen-bond donors (Lipinski definition) is 1. The molecule has 5 heteroatoms. The number of thiophene rings is 1. The molecule has 0 saturated carbocycles. The van der Waals surface area contributed by atoms with Crippen LogP contribution in [0.1, 0.15) is 22.4 Å². The van der Waals surface area contributed by atoms with Gasteiger partial charge in [-0.05, 0) is 54.7 Å². The maximum Gasteiger partial charge on any atom is 0.334 e. The predicted octanol–water partition coefficient (Wildman–Crippen LogP) is 5.09. The van der Waals surface area contributed by atoms with E-state index in [1.807, 2.05) is 18.3 Å². The van der Waals surface area contributed by atoms with Gasteiger partial charge < -0.3 is 10.0 Å². The van der Waals surface area contributed by atoms with Crippen LogP contribution in [0, 0.1) is 6.92 Å². The normalized spacial score (nSPS) is 16.6. The van der Waals surface area contributed by atoms with Gasteiger partial charge >= 0.3 is 5.97 Å². The van der Waals surface area contributed by atoms with Gasteiger partial charge in [0.25, 0.3) is 0 Å². The molecule has 0 aliphatic carbocycles. The lowest BCUT2D eigenvalue weighted by atomic mass is 10.1. The summed E-state index contributed by atoms with van der Waals surface area (Å²) < 4.78 is 0. The van der Waals surface area contributed by atoms with Gasteiger partial charge in [0, 0.05) is 11.1 Å². The number of allylic oxidation sites excluding steroid dienone is 2. The minimum absolute atomic E-state index is 0.141. The van der Waals surface area contributed by atoms with Crippen molar-refractivity contribution in [3.63, 3.8) is 0 Å². The third-order valence-corrected chi connectivity index (χ3v) is 6.52. The fourth-order valence-corrected chi connectivity index (χ4v) is 4.85. The van der Waals surface area contributed by atoms with Crippen LogP contribution in [0.15, 0.2) is 65.7 Å². The molecule has 2 aromatic rings. The summed E-state index contributed by atoms with van der Waals surface area (Å²) in [5, 5.41) is 11.5. The van der Waals surface area contributed by atoms with Crippen molar-refractivity contribution in [2.75, 3.05) is 5.75 Å². The molecule has 1 unspecified atom stereocenters. The number of carboxylic acids is 1. The predicted molar refractivity (Wildman–Crippen MR) is 110 cm³/mol. The number of aliphatic carboxylic acids is 1. The van der Waals surface area contributed by atoms with E-state index in [1.54, 1.807) is 29.2 Å². The number of aryl methyl sites for hydroxylation is 2. The maximum atomic E-state index is 11.7. The molecule has 1 aliphatic rings. The van der Waals surface area contributed by atoms with Gasteiger partial charge in [-0.2, -0.15) is 0 Å². The van der Waals surface area contributed by atoms with E-state index in [1.165, 1.54) is 16.0 Å². The zero-order chi connectivity index (χ0) is 18.4. The number of nitrogens with zero attached hydrogens (tertiary/aromatic N) is 1. The zero-order valence-electron chi connectivity index (χ0n) is 14.8. The van der Waals surface area contributed by atoms with E-state index in [2.05, 4.69) is 47.5 Å². The Labute approximate surface area is 163 Å². The van der Waals surface area contributed by atoms with Crippen molar-refractivity contribution in [2.24, 2.45) is 0 Å². The monoisotopic (exact) mass is 385 g/mol. The number of rotatable bonds is 8. The largest absolute Gasteiger partial charge is 0.478 e. The van der Waals surface area contributed by atoms with Gasteiger partial charge in [0.15, 0.2) is 0 Å². The number of hydrogen-bond acceptors (Lipinski definition) is 4. The van der Waals surface area contributed by atoms with E-state index < -0.39 is 5.97 Å². The Bertz CT molecular complexity index is 779. The van der Waals surface area contributed by atoms with Crippen LogP contribution in [0.3, 0.4) is 0 Å². The third-order valence-electron chi connectivity index (χ3n) is 4.29. The lowest BCUT2D eigenvalue weighted by Crippen LogP contribution is -2.34. The van der Waals surface area contributed by atoms with Crippen molar-refractivity contribution in [1.29, 1.82) is 0 Å². The van der Waals surface area contributed by atoms with Gasteiger partial charge in [-0.3, -0.25) is 0 Å². The van der Waals surface area contributed by atoms with Crippen LogP contribution in [-0.2, 0) is 17.8 Å². The number of thioether (sulfide) groups is 1. The van der Waals surface area contributed by atoms with Crippen molar-refractivity contribution in [3.05, 3.63) is 81.7 Å². The molecule has 136 valence electrons. The summed E-state index contributed by atoms with van der Waals surface area (Å²) in [6.45, 7) is 2.84. The standard InChI is InChI=1S/C21H23NO2S2/c1-16-8-10-17(11-9-16)5-3-14-26-20-19(21(23)24)7-2-12-22(20)15-18-6-4-13-25-18/h2,4,6-13,20H,3,5,14-15H2,1H3,(H,23,24). The summed E-state index contributed by atoms with van der Waals surface area (Å²) >= 11 is 3.42. The van der Waals surface area contributed by atoms with Gasteiger partial charge in [0.1, 0.15) is 5.37 Å². The van der Waals surface area contributed by atoms with E-state index in [9.17, 15) is 9.90 Å². The molecule has 3 rings (SSSR count). The van der Waals surface area contributed by atoms with Crippen LogP contribution in [0.4, 0.5) is 0 Å². The summed E-state index contributed by atoms with van der Waals surface area (Å²) in [5.41, 5.74) is 3.08. The van der Waals surface area contributed by atoms with Crippen LogP contribution < -0.4 is 0 Å². The summed E-state index contributed by atoms with van der Waals surface area (Å²) in [6, 6.07) is 12.8. The van der Waals surface area contributed by atoms with E-state index in [4.69, 9.17) is 0 Å². The lowest BCUT2D eigenvalue weighted by molar-refractivity contribution is -0.133. The molecule has 0 saturated heterocycles. The number of carbonyl (C=O) groups is 1. The highest BCUT2D eigenvalue weighted by atomic mass is 32.2. The van der Waals surface area contributed by atoms with Crippen LogP contribution in [0.25, 0.3) is 0 Å². The fraction of sp³-hybridized carbons (Fsp3) is 0.286. The fourth-order valence-electron chi connectivity index (χ4n) is 2.90. The molecule has 3 nitrogen and oxygen atoms in total. The van der Waals surface area contributed by atoms with Crippen molar-refractivity contribution in [3.8, 4) is 0 Å². The van der Waals surface area contributed by atoms with Gasteiger partial charge in [-0.15, -0.1) is 23.1 Å². The molecule has 1 aromatic carbocycles. The Hall–Kier alpha value is -1.98. The summed E-state index contributed by atoms with van der Waals surface area (Å²) in [7, 11) is 0. The lowest BCUT2D eigenvalue weighted by Gasteiger charge is -2.32. The van der Waals surface area contributed by atoms with Crippen molar-refractivity contribution in [1.82, 2.24) is 4.90 Å². The molecule has 1 N–H and O–H groups in total. The van der Waals surface area contributed by atoms with Crippen LogP contribution in [-0.4, -0.2) is 27.1 Å². The van der Waals surface area contributed by atoms with Crippen molar-refractivity contribution in [2.45, 2.75) is 31.7 Å². The second-order valence-corrected chi connectivity index (χ2v) is 8.55. The van der Waals surface area contributed by atoms with Gasteiger partial charge in [-0.1, -0.05) is 35.9 Å². The Morgan fingerprint density at radius 3 is 2.77 bits per heavy atom. The minimum atomic E-state index is -0.832. The second kappa shape index (κ2) is 9.10. The molecule has 0 spiro atoms. The molecule has 0 fully saturated rings.